The number of ether oxygens (including phenoxy) is 1. The number of hydrogen-bond acceptors (Lipinski definition) is 3. The number of carbonyl (C=O) groups excluding carboxylic acids is 1. The highest BCUT2D eigenvalue weighted by Gasteiger charge is 2.21. The molecule has 0 saturated heterocycles. The van der Waals surface area contributed by atoms with Gasteiger partial charge in [0.25, 0.3) is 0 Å². The van der Waals surface area contributed by atoms with Crippen LogP contribution in [0.3, 0.4) is 0 Å². The van der Waals surface area contributed by atoms with Crippen molar-refractivity contribution in [2.24, 2.45) is 5.92 Å². The van der Waals surface area contributed by atoms with Crippen molar-refractivity contribution < 1.29 is 19.4 Å². The van der Waals surface area contributed by atoms with Crippen molar-refractivity contribution in [1.82, 2.24) is 4.90 Å². The molecule has 1 rings (SSSR count). The van der Waals surface area contributed by atoms with Crippen molar-refractivity contribution in [3.63, 3.8) is 0 Å². The average molecular weight is 215 g/mol. The second kappa shape index (κ2) is 5.70. The minimum absolute atomic E-state index is 0.0230. The van der Waals surface area contributed by atoms with Crippen LogP contribution in [0.4, 0.5) is 0 Å². The number of hydrogen-bond donors (Lipinski definition) is 1. The maximum Gasteiger partial charge on any atom is 0.305 e. The summed E-state index contributed by atoms with van der Waals surface area (Å²) in [6, 6.07) is 0. The minimum atomic E-state index is -0.895. The van der Waals surface area contributed by atoms with E-state index in [1.54, 1.807) is 7.05 Å². The van der Waals surface area contributed by atoms with Crippen molar-refractivity contribution in [2.45, 2.75) is 19.3 Å². The summed E-state index contributed by atoms with van der Waals surface area (Å²) in [4.78, 5) is 23.0. The molecule has 0 atom stereocenters. The normalized spacial score (nSPS) is 15.0. The lowest BCUT2D eigenvalue weighted by Crippen LogP contribution is -2.32. The number of carboxylic acid groups (broad SMARTS) is 1. The number of aliphatic carboxylic acids is 1. The summed E-state index contributed by atoms with van der Waals surface area (Å²) in [5, 5.41) is 8.43. The molecule has 0 radical (unpaired) electrons. The van der Waals surface area contributed by atoms with Gasteiger partial charge in [0.15, 0.2) is 0 Å². The predicted molar refractivity (Wildman–Crippen MR) is 53.4 cm³/mol. The van der Waals surface area contributed by atoms with E-state index >= 15 is 0 Å². The smallest absolute Gasteiger partial charge is 0.305 e. The van der Waals surface area contributed by atoms with Gasteiger partial charge in [0.05, 0.1) is 13.0 Å². The van der Waals surface area contributed by atoms with Gasteiger partial charge in [-0.1, -0.05) is 0 Å². The van der Waals surface area contributed by atoms with Crippen LogP contribution < -0.4 is 0 Å². The fourth-order valence-electron chi connectivity index (χ4n) is 1.10. The van der Waals surface area contributed by atoms with Gasteiger partial charge in [0.1, 0.15) is 6.61 Å². The SMILES string of the molecule is CN(CCC(=O)O)C(=O)COCC1CC1. The number of carbonyl (C=O) groups is 2. The molecule has 0 aliphatic heterocycles. The number of likely N-dealkylation sites (N-methyl/N-ethyl adjacent to an activating group) is 1. The first-order valence-corrected chi connectivity index (χ1v) is 5.13. The Morgan fingerprint density at radius 1 is 1.47 bits per heavy atom. The molecule has 5 nitrogen and oxygen atoms in total. The fourth-order valence-corrected chi connectivity index (χ4v) is 1.10. The van der Waals surface area contributed by atoms with E-state index < -0.39 is 5.97 Å². The molecule has 1 saturated carbocycles. The molecule has 0 aromatic heterocycles. The molecule has 0 aromatic carbocycles. The van der Waals surface area contributed by atoms with Crippen LogP contribution in [0.5, 0.6) is 0 Å². The Morgan fingerprint density at radius 3 is 2.67 bits per heavy atom. The van der Waals surface area contributed by atoms with Gasteiger partial charge in [-0.2, -0.15) is 0 Å². The third-order valence-electron chi connectivity index (χ3n) is 2.36. The molecule has 1 N–H and O–H groups in total. The van der Waals surface area contributed by atoms with Gasteiger partial charge in [0, 0.05) is 13.6 Å². The molecule has 0 unspecified atom stereocenters. The molecular weight excluding hydrogens is 198 g/mol. The van der Waals surface area contributed by atoms with Crippen molar-refractivity contribution in [3.05, 3.63) is 0 Å². The highest BCUT2D eigenvalue weighted by atomic mass is 16.5. The van der Waals surface area contributed by atoms with Crippen LogP contribution in [0.1, 0.15) is 19.3 Å². The Labute approximate surface area is 89.0 Å². The zero-order valence-corrected chi connectivity index (χ0v) is 8.94. The Bertz CT molecular complexity index is 238. The third kappa shape index (κ3) is 5.37. The first-order chi connectivity index (χ1) is 7.09. The van der Waals surface area contributed by atoms with Crippen LogP contribution in [0.25, 0.3) is 0 Å². The largest absolute Gasteiger partial charge is 0.481 e. The van der Waals surface area contributed by atoms with Gasteiger partial charge in [-0.05, 0) is 18.8 Å². The molecule has 0 heterocycles. The van der Waals surface area contributed by atoms with Crippen LogP contribution in [0, 0.1) is 5.92 Å². The summed E-state index contributed by atoms with van der Waals surface area (Å²) in [6.07, 6.45) is 2.37. The van der Waals surface area contributed by atoms with Gasteiger partial charge < -0.3 is 14.7 Å². The number of amides is 1. The van der Waals surface area contributed by atoms with E-state index in [0.717, 1.165) is 0 Å². The van der Waals surface area contributed by atoms with Gasteiger partial charge >= 0.3 is 5.97 Å². The fraction of sp³-hybridized carbons (Fsp3) is 0.800. The molecule has 0 bridgehead atoms. The third-order valence-corrected chi connectivity index (χ3v) is 2.36. The van der Waals surface area contributed by atoms with E-state index in [0.29, 0.717) is 12.5 Å². The van der Waals surface area contributed by atoms with E-state index in [4.69, 9.17) is 9.84 Å². The van der Waals surface area contributed by atoms with Crippen molar-refractivity contribution >= 4 is 11.9 Å². The van der Waals surface area contributed by atoms with Crippen molar-refractivity contribution in [1.29, 1.82) is 0 Å². The summed E-state index contributed by atoms with van der Waals surface area (Å²) >= 11 is 0. The second-order valence-electron chi connectivity index (χ2n) is 3.92. The van der Waals surface area contributed by atoms with Gasteiger partial charge in [-0.15, -0.1) is 0 Å². The quantitative estimate of drug-likeness (QED) is 0.665. The average Bonchev–Trinajstić information content (AvgIpc) is 2.97. The van der Waals surface area contributed by atoms with Crippen LogP contribution in [0.15, 0.2) is 0 Å². The molecule has 5 heteroatoms. The summed E-state index contributed by atoms with van der Waals surface area (Å²) in [6.45, 7) is 0.950. The minimum Gasteiger partial charge on any atom is -0.481 e. The molecule has 86 valence electrons. The van der Waals surface area contributed by atoms with E-state index in [-0.39, 0.29) is 25.5 Å². The first kappa shape index (κ1) is 12.0. The summed E-state index contributed by atoms with van der Waals surface area (Å²) in [7, 11) is 1.59. The maximum absolute atomic E-state index is 11.4. The Hall–Kier alpha value is -1.10. The first-order valence-electron chi connectivity index (χ1n) is 5.13. The van der Waals surface area contributed by atoms with Crippen LogP contribution >= 0.6 is 0 Å². The van der Waals surface area contributed by atoms with Gasteiger partial charge in [-0.3, -0.25) is 9.59 Å². The zero-order valence-electron chi connectivity index (χ0n) is 8.94. The van der Waals surface area contributed by atoms with E-state index in [9.17, 15) is 9.59 Å². The number of carboxylic acids is 1. The van der Waals surface area contributed by atoms with Crippen LogP contribution in [-0.2, 0) is 14.3 Å². The standard InChI is InChI=1S/C10H17NO4/c1-11(5-4-10(13)14)9(12)7-15-6-8-2-3-8/h8H,2-7H2,1H3,(H,13,14). The van der Waals surface area contributed by atoms with Crippen LogP contribution in [-0.4, -0.2) is 48.7 Å². The molecule has 15 heavy (non-hydrogen) atoms. The molecular formula is C10H17NO4. The summed E-state index contributed by atoms with van der Waals surface area (Å²) < 4.78 is 5.21. The molecule has 1 amide bonds. The molecule has 1 aliphatic carbocycles. The second-order valence-corrected chi connectivity index (χ2v) is 3.92. The number of nitrogens with zero attached hydrogens (tertiary/aromatic N) is 1. The number of rotatable bonds is 7. The topological polar surface area (TPSA) is 66.8 Å². The highest BCUT2D eigenvalue weighted by Crippen LogP contribution is 2.28. The Balaban J connectivity index is 2.05. The zero-order chi connectivity index (χ0) is 11.3. The molecule has 1 aliphatic rings. The maximum atomic E-state index is 11.4. The van der Waals surface area contributed by atoms with Crippen molar-refractivity contribution in [3.8, 4) is 0 Å². The van der Waals surface area contributed by atoms with Gasteiger partial charge in [-0.25, -0.2) is 0 Å². The Kier molecular flexibility index (Phi) is 4.55. The Morgan fingerprint density at radius 2 is 2.13 bits per heavy atom. The summed E-state index contributed by atoms with van der Waals surface area (Å²) in [5.41, 5.74) is 0. The predicted octanol–water partition coefficient (Wildman–Crippen LogP) is 0.346. The lowest BCUT2D eigenvalue weighted by atomic mass is 10.4. The van der Waals surface area contributed by atoms with E-state index in [1.165, 1.54) is 17.7 Å². The molecule has 0 spiro atoms. The van der Waals surface area contributed by atoms with Crippen LogP contribution in [0.2, 0.25) is 0 Å². The van der Waals surface area contributed by atoms with E-state index in [1.807, 2.05) is 0 Å². The lowest BCUT2D eigenvalue weighted by Gasteiger charge is -2.15. The monoisotopic (exact) mass is 215 g/mol. The molecule has 0 aromatic rings. The molecule has 1 fully saturated rings. The highest BCUT2D eigenvalue weighted by molar-refractivity contribution is 5.77. The van der Waals surface area contributed by atoms with Crippen molar-refractivity contribution in [2.75, 3.05) is 26.8 Å². The lowest BCUT2D eigenvalue weighted by molar-refractivity contribution is -0.139. The summed E-state index contributed by atoms with van der Waals surface area (Å²) in [5.74, 6) is -0.410. The van der Waals surface area contributed by atoms with Gasteiger partial charge in [0.2, 0.25) is 5.91 Å². The van der Waals surface area contributed by atoms with E-state index in [2.05, 4.69) is 0 Å².